The quantitative estimate of drug-likeness (QED) is 0.771. The summed E-state index contributed by atoms with van der Waals surface area (Å²) in [5, 5.41) is 4.49. The Labute approximate surface area is 160 Å². The zero-order valence-corrected chi connectivity index (χ0v) is 16.3. The molecule has 1 amide bonds. The normalized spacial score (nSPS) is 18.4. The predicted molar refractivity (Wildman–Crippen MR) is 102 cm³/mol. The first-order valence-corrected chi connectivity index (χ1v) is 9.61. The molecule has 2 atom stereocenters. The summed E-state index contributed by atoms with van der Waals surface area (Å²) in [6.45, 7) is 8.08. The Bertz CT molecular complexity index is 772. The Morgan fingerprint density at radius 3 is 2.74 bits per heavy atom. The number of hydrogen-bond acceptors (Lipinski definition) is 3. The fourth-order valence-electron chi connectivity index (χ4n) is 3.73. The lowest BCUT2D eigenvalue weighted by molar-refractivity contribution is -0.134. The van der Waals surface area contributed by atoms with E-state index < -0.39 is 0 Å². The third kappa shape index (κ3) is 5.08. The number of rotatable bonds is 6. The summed E-state index contributed by atoms with van der Waals surface area (Å²) in [6, 6.07) is 8.14. The van der Waals surface area contributed by atoms with Crippen molar-refractivity contribution in [2.75, 3.05) is 19.7 Å². The van der Waals surface area contributed by atoms with E-state index in [-0.39, 0.29) is 17.8 Å². The summed E-state index contributed by atoms with van der Waals surface area (Å²) >= 11 is 0. The molecule has 0 saturated carbocycles. The predicted octanol–water partition coefficient (Wildman–Crippen LogP) is 3.91. The molecule has 2 aromatic rings. The lowest BCUT2D eigenvalue weighted by Crippen LogP contribution is -2.42. The van der Waals surface area contributed by atoms with E-state index in [4.69, 9.17) is 4.74 Å². The van der Waals surface area contributed by atoms with Gasteiger partial charge in [0.15, 0.2) is 0 Å². The second-order valence-electron chi connectivity index (χ2n) is 7.54. The number of benzene rings is 1. The molecule has 1 aliphatic rings. The van der Waals surface area contributed by atoms with Gasteiger partial charge in [-0.1, -0.05) is 0 Å². The van der Waals surface area contributed by atoms with Gasteiger partial charge in [-0.15, -0.1) is 0 Å². The molecule has 0 unspecified atom stereocenters. The zero-order chi connectivity index (χ0) is 19.4. The summed E-state index contributed by atoms with van der Waals surface area (Å²) in [5.41, 5.74) is 2.06. The molecule has 1 fully saturated rings. The topological polar surface area (TPSA) is 47.4 Å². The average Bonchev–Trinajstić information content (AvgIpc) is 3.00. The number of carbonyl (C=O) groups is 1. The largest absolute Gasteiger partial charge is 0.493 e. The SMILES string of the molecule is Cc1cc(C)n([C@H](C)CC(=O)N2CCC[C@@H](COc3ccc(F)cc3)C2)n1. The van der Waals surface area contributed by atoms with Crippen LogP contribution in [0.2, 0.25) is 0 Å². The number of nitrogens with zero attached hydrogens (tertiary/aromatic N) is 3. The molecule has 1 aliphatic heterocycles. The number of amides is 1. The number of likely N-dealkylation sites (tertiary alicyclic amines) is 1. The molecular formula is C21H28FN3O2. The molecule has 0 radical (unpaired) electrons. The van der Waals surface area contributed by atoms with Crippen molar-refractivity contribution in [3.8, 4) is 5.75 Å². The van der Waals surface area contributed by atoms with Gasteiger partial charge in [0.25, 0.3) is 0 Å². The van der Waals surface area contributed by atoms with Crippen molar-refractivity contribution in [1.29, 1.82) is 0 Å². The van der Waals surface area contributed by atoms with Crippen LogP contribution in [-0.4, -0.2) is 40.3 Å². The molecule has 0 bridgehead atoms. The van der Waals surface area contributed by atoms with Gasteiger partial charge in [-0.2, -0.15) is 5.10 Å². The van der Waals surface area contributed by atoms with Gasteiger partial charge in [-0.25, -0.2) is 4.39 Å². The van der Waals surface area contributed by atoms with E-state index in [0.717, 1.165) is 30.8 Å². The molecule has 1 aromatic heterocycles. The highest BCUT2D eigenvalue weighted by molar-refractivity contribution is 5.76. The number of carbonyl (C=O) groups excluding carboxylic acids is 1. The first-order valence-electron chi connectivity index (χ1n) is 9.61. The van der Waals surface area contributed by atoms with E-state index >= 15 is 0 Å². The molecular weight excluding hydrogens is 345 g/mol. The summed E-state index contributed by atoms with van der Waals surface area (Å²) < 4.78 is 20.7. The van der Waals surface area contributed by atoms with E-state index in [9.17, 15) is 9.18 Å². The maximum atomic E-state index is 13.0. The van der Waals surface area contributed by atoms with Crippen molar-refractivity contribution < 1.29 is 13.9 Å². The van der Waals surface area contributed by atoms with E-state index in [2.05, 4.69) is 5.10 Å². The summed E-state index contributed by atoms with van der Waals surface area (Å²) in [5.74, 6) is 0.866. The van der Waals surface area contributed by atoms with Crippen LogP contribution in [0.15, 0.2) is 30.3 Å². The second kappa shape index (κ2) is 8.55. The van der Waals surface area contributed by atoms with Gasteiger partial charge in [-0.05, 0) is 63.9 Å². The molecule has 2 heterocycles. The van der Waals surface area contributed by atoms with E-state index in [0.29, 0.717) is 31.2 Å². The number of halogens is 1. The Balaban J connectivity index is 1.51. The highest BCUT2D eigenvalue weighted by Crippen LogP contribution is 2.22. The average molecular weight is 373 g/mol. The van der Waals surface area contributed by atoms with Crippen LogP contribution in [0.3, 0.4) is 0 Å². The second-order valence-corrected chi connectivity index (χ2v) is 7.54. The van der Waals surface area contributed by atoms with Gasteiger partial charge in [-0.3, -0.25) is 9.48 Å². The summed E-state index contributed by atoms with van der Waals surface area (Å²) in [4.78, 5) is 14.7. The van der Waals surface area contributed by atoms with Crippen LogP contribution < -0.4 is 4.74 Å². The highest BCUT2D eigenvalue weighted by Gasteiger charge is 2.26. The van der Waals surface area contributed by atoms with Crippen molar-refractivity contribution >= 4 is 5.91 Å². The fraction of sp³-hybridized carbons (Fsp3) is 0.524. The summed E-state index contributed by atoms with van der Waals surface area (Å²) in [7, 11) is 0. The van der Waals surface area contributed by atoms with E-state index in [1.54, 1.807) is 12.1 Å². The Morgan fingerprint density at radius 2 is 2.07 bits per heavy atom. The van der Waals surface area contributed by atoms with Crippen LogP contribution in [0.4, 0.5) is 4.39 Å². The van der Waals surface area contributed by atoms with Crippen molar-refractivity contribution in [3.63, 3.8) is 0 Å². The number of hydrogen-bond donors (Lipinski definition) is 0. The Hall–Kier alpha value is -2.37. The number of ether oxygens (including phenoxy) is 1. The maximum Gasteiger partial charge on any atom is 0.224 e. The van der Waals surface area contributed by atoms with E-state index in [1.165, 1.54) is 12.1 Å². The van der Waals surface area contributed by atoms with Crippen LogP contribution >= 0.6 is 0 Å². The third-order valence-electron chi connectivity index (χ3n) is 5.10. The minimum atomic E-state index is -0.270. The zero-order valence-electron chi connectivity index (χ0n) is 16.3. The molecule has 146 valence electrons. The molecule has 1 aromatic carbocycles. The number of piperidine rings is 1. The minimum absolute atomic E-state index is 0.0436. The number of aromatic nitrogens is 2. The molecule has 27 heavy (non-hydrogen) atoms. The first-order chi connectivity index (χ1) is 12.9. The lowest BCUT2D eigenvalue weighted by atomic mass is 9.98. The van der Waals surface area contributed by atoms with Crippen LogP contribution in [0, 0.1) is 25.6 Å². The van der Waals surface area contributed by atoms with Crippen LogP contribution in [-0.2, 0) is 4.79 Å². The van der Waals surface area contributed by atoms with Gasteiger partial charge in [0, 0.05) is 31.1 Å². The van der Waals surface area contributed by atoms with E-state index in [1.807, 2.05) is 36.4 Å². The van der Waals surface area contributed by atoms with Gasteiger partial charge < -0.3 is 9.64 Å². The molecule has 3 rings (SSSR count). The van der Waals surface area contributed by atoms with Gasteiger partial charge >= 0.3 is 0 Å². The van der Waals surface area contributed by atoms with Crippen LogP contribution in [0.1, 0.15) is 43.6 Å². The molecule has 0 aliphatic carbocycles. The Kier molecular flexibility index (Phi) is 6.14. The van der Waals surface area contributed by atoms with Gasteiger partial charge in [0.2, 0.25) is 5.91 Å². The summed E-state index contributed by atoms with van der Waals surface area (Å²) in [6.07, 6.45) is 2.48. The van der Waals surface area contributed by atoms with Crippen molar-refractivity contribution in [3.05, 3.63) is 47.5 Å². The molecule has 0 N–H and O–H groups in total. The van der Waals surface area contributed by atoms with Gasteiger partial charge in [0.05, 0.1) is 18.3 Å². The minimum Gasteiger partial charge on any atom is -0.493 e. The van der Waals surface area contributed by atoms with Crippen LogP contribution in [0.25, 0.3) is 0 Å². The third-order valence-corrected chi connectivity index (χ3v) is 5.10. The Morgan fingerprint density at radius 1 is 1.33 bits per heavy atom. The number of aryl methyl sites for hydroxylation is 2. The lowest BCUT2D eigenvalue weighted by Gasteiger charge is -2.33. The maximum absolute atomic E-state index is 13.0. The molecule has 1 saturated heterocycles. The fourth-order valence-corrected chi connectivity index (χ4v) is 3.73. The molecule has 6 heteroatoms. The molecule has 0 spiro atoms. The standard InChI is InChI=1S/C21H28FN3O2/c1-15-11-16(2)25(23-15)17(3)12-21(26)24-10-4-5-18(13-24)14-27-20-8-6-19(22)7-9-20/h6-9,11,17-18H,4-5,10,12-14H2,1-3H3/t17-,18-/m1/s1. The molecule has 5 nitrogen and oxygen atoms in total. The van der Waals surface area contributed by atoms with Crippen molar-refractivity contribution in [2.24, 2.45) is 5.92 Å². The monoisotopic (exact) mass is 373 g/mol. The smallest absolute Gasteiger partial charge is 0.224 e. The van der Waals surface area contributed by atoms with Crippen molar-refractivity contribution in [2.45, 2.75) is 46.1 Å². The van der Waals surface area contributed by atoms with Crippen molar-refractivity contribution in [1.82, 2.24) is 14.7 Å². The highest BCUT2D eigenvalue weighted by atomic mass is 19.1. The van der Waals surface area contributed by atoms with Gasteiger partial charge in [0.1, 0.15) is 11.6 Å². The first kappa shape index (κ1) is 19.4. The van der Waals surface area contributed by atoms with Crippen LogP contribution in [0.5, 0.6) is 5.75 Å².